The van der Waals surface area contributed by atoms with Crippen LogP contribution in [0.1, 0.15) is 6.92 Å². The first kappa shape index (κ1) is 13.1. The number of rotatable bonds is 3. The Hall–Kier alpha value is -1.33. The van der Waals surface area contributed by atoms with Crippen LogP contribution in [-0.2, 0) is 4.84 Å². The molecule has 5 heteroatoms. The van der Waals surface area contributed by atoms with Crippen molar-refractivity contribution in [3.8, 4) is 0 Å². The number of allylic oxidation sites excluding steroid dienone is 1. The number of anilines is 1. The fourth-order valence-corrected chi connectivity index (χ4v) is 2.08. The van der Waals surface area contributed by atoms with Crippen LogP contribution in [0.2, 0.25) is 0 Å². The van der Waals surface area contributed by atoms with Crippen molar-refractivity contribution in [3.05, 3.63) is 41.7 Å². The van der Waals surface area contributed by atoms with E-state index in [2.05, 4.69) is 24.5 Å². The molecule has 0 spiro atoms. The Morgan fingerprint density at radius 3 is 2.61 bits per heavy atom. The molecule has 0 radical (unpaired) electrons. The Bertz CT molecular complexity index is 435. The van der Waals surface area contributed by atoms with E-state index in [-0.39, 0.29) is 0 Å². The van der Waals surface area contributed by atoms with Gasteiger partial charge in [-0.1, -0.05) is 18.2 Å². The molecule has 0 fully saturated rings. The lowest BCUT2D eigenvalue weighted by molar-refractivity contribution is 0.00592. The van der Waals surface area contributed by atoms with Crippen molar-refractivity contribution in [1.82, 2.24) is 9.91 Å². The van der Waals surface area contributed by atoms with E-state index in [0.717, 1.165) is 11.4 Å². The lowest BCUT2D eigenvalue weighted by atomic mass is 10.3. The van der Waals surface area contributed by atoms with E-state index in [1.807, 2.05) is 54.6 Å². The summed E-state index contributed by atoms with van der Waals surface area (Å²) in [5.74, 6) is 0.676. The standard InChI is InChI=1S/C13H19N3OS/c1-11-13(14(2)10-18)9-17-16(15(11)3)12-7-5-4-6-8-12/h4-8,18H,9-10H2,1-3H3. The minimum atomic E-state index is 0.558. The number of hydrogen-bond acceptors (Lipinski definition) is 5. The van der Waals surface area contributed by atoms with Crippen LogP contribution in [0.5, 0.6) is 0 Å². The van der Waals surface area contributed by atoms with E-state index in [1.54, 1.807) is 0 Å². The maximum absolute atomic E-state index is 5.81. The van der Waals surface area contributed by atoms with Gasteiger partial charge in [0.1, 0.15) is 6.61 Å². The Balaban J connectivity index is 2.24. The van der Waals surface area contributed by atoms with Gasteiger partial charge in [-0.15, -0.1) is 0 Å². The molecule has 98 valence electrons. The summed E-state index contributed by atoms with van der Waals surface area (Å²) in [7, 11) is 4.01. The van der Waals surface area contributed by atoms with Crippen LogP contribution < -0.4 is 5.17 Å². The zero-order valence-corrected chi connectivity index (χ0v) is 11.9. The second-order valence-electron chi connectivity index (χ2n) is 4.28. The lowest BCUT2D eigenvalue weighted by Gasteiger charge is -2.41. The molecule has 18 heavy (non-hydrogen) atoms. The summed E-state index contributed by atoms with van der Waals surface area (Å²) in [5, 5.41) is 3.82. The number of thiol groups is 1. The van der Waals surface area contributed by atoms with E-state index in [4.69, 9.17) is 4.84 Å². The number of benzene rings is 1. The van der Waals surface area contributed by atoms with Gasteiger partial charge in [-0.25, -0.2) is 4.84 Å². The number of hydrazine groups is 1. The highest BCUT2D eigenvalue weighted by Crippen LogP contribution is 2.25. The molecule has 0 amide bonds. The Kier molecular flexibility index (Phi) is 4.04. The van der Waals surface area contributed by atoms with Gasteiger partial charge >= 0.3 is 0 Å². The van der Waals surface area contributed by atoms with Gasteiger partial charge in [-0.05, 0) is 19.1 Å². The second-order valence-corrected chi connectivity index (χ2v) is 4.56. The summed E-state index contributed by atoms with van der Waals surface area (Å²) in [6.45, 7) is 2.65. The normalized spacial score (nSPS) is 16.2. The Morgan fingerprint density at radius 1 is 1.33 bits per heavy atom. The molecule has 2 rings (SSSR count). The Morgan fingerprint density at radius 2 is 2.00 bits per heavy atom. The largest absolute Gasteiger partial charge is 0.365 e. The highest BCUT2D eigenvalue weighted by molar-refractivity contribution is 7.80. The topological polar surface area (TPSA) is 19.0 Å². The summed E-state index contributed by atoms with van der Waals surface area (Å²) in [6.07, 6.45) is 0. The van der Waals surface area contributed by atoms with Crippen molar-refractivity contribution in [1.29, 1.82) is 0 Å². The van der Waals surface area contributed by atoms with Gasteiger partial charge < -0.3 is 4.90 Å². The molecule has 1 heterocycles. The summed E-state index contributed by atoms with van der Waals surface area (Å²) in [4.78, 5) is 7.89. The summed E-state index contributed by atoms with van der Waals surface area (Å²) >= 11 is 4.29. The smallest absolute Gasteiger partial charge is 0.119 e. The van der Waals surface area contributed by atoms with Crippen molar-refractivity contribution in [3.63, 3.8) is 0 Å². The average molecular weight is 265 g/mol. The molecule has 0 unspecified atom stereocenters. The third-order valence-corrected chi connectivity index (χ3v) is 3.57. The van der Waals surface area contributed by atoms with Gasteiger partial charge in [0.25, 0.3) is 0 Å². The first-order chi connectivity index (χ1) is 8.65. The van der Waals surface area contributed by atoms with Crippen LogP contribution in [0, 0.1) is 0 Å². The van der Waals surface area contributed by atoms with Crippen molar-refractivity contribution in [2.24, 2.45) is 0 Å². The van der Waals surface area contributed by atoms with Crippen molar-refractivity contribution < 1.29 is 4.84 Å². The molecule has 0 bridgehead atoms. The van der Waals surface area contributed by atoms with Gasteiger partial charge in [0.15, 0.2) is 0 Å². The SMILES string of the molecule is CC1=C(N(C)CS)CON(c2ccccc2)N1C. The molecule has 1 aliphatic rings. The van der Waals surface area contributed by atoms with Crippen LogP contribution in [0.4, 0.5) is 5.69 Å². The number of para-hydroxylation sites is 1. The number of hydrogen-bond donors (Lipinski definition) is 1. The first-order valence-corrected chi connectivity index (χ1v) is 6.52. The van der Waals surface area contributed by atoms with Crippen LogP contribution in [0.25, 0.3) is 0 Å². The van der Waals surface area contributed by atoms with Gasteiger partial charge in [-0.2, -0.15) is 17.8 Å². The second kappa shape index (κ2) is 5.54. The third-order valence-electron chi connectivity index (χ3n) is 3.15. The van der Waals surface area contributed by atoms with Gasteiger partial charge in [0.05, 0.1) is 23.0 Å². The lowest BCUT2D eigenvalue weighted by Crippen LogP contribution is -2.45. The highest BCUT2D eigenvalue weighted by atomic mass is 32.1. The molecule has 1 aromatic carbocycles. The van der Waals surface area contributed by atoms with Crippen LogP contribution >= 0.6 is 12.6 Å². The van der Waals surface area contributed by atoms with E-state index >= 15 is 0 Å². The molecular weight excluding hydrogens is 246 g/mol. The minimum absolute atomic E-state index is 0.558. The van der Waals surface area contributed by atoms with E-state index in [1.165, 1.54) is 5.70 Å². The first-order valence-electron chi connectivity index (χ1n) is 5.88. The molecule has 4 nitrogen and oxygen atoms in total. The molecule has 0 N–H and O–H groups in total. The average Bonchev–Trinajstić information content (AvgIpc) is 2.42. The van der Waals surface area contributed by atoms with E-state index in [9.17, 15) is 0 Å². The minimum Gasteiger partial charge on any atom is -0.365 e. The number of nitrogens with zero attached hydrogens (tertiary/aromatic N) is 3. The maximum Gasteiger partial charge on any atom is 0.119 e. The van der Waals surface area contributed by atoms with Gasteiger partial charge in [0.2, 0.25) is 0 Å². The zero-order valence-electron chi connectivity index (χ0n) is 11.0. The maximum atomic E-state index is 5.81. The third kappa shape index (κ3) is 2.42. The molecular formula is C13H19N3OS. The fraction of sp³-hybridized carbons (Fsp3) is 0.385. The molecule has 0 aliphatic carbocycles. The Labute approximate surface area is 114 Å². The summed E-state index contributed by atoms with van der Waals surface area (Å²) in [5.41, 5.74) is 3.34. The predicted molar refractivity (Wildman–Crippen MR) is 77.0 cm³/mol. The summed E-state index contributed by atoms with van der Waals surface area (Å²) in [6, 6.07) is 10.0. The molecule has 1 aromatic rings. The fourth-order valence-electron chi connectivity index (χ4n) is 1.91. The monoisotopic (exact) mass is 265 g/mol. The molecule has 0 saturated carbocycles. The van der Waals surface area contributed by atoms with Crippen LogP contribution in [0.3, 0.4) is 0 Å². The number of likely N-dealkylation sites (N-methyl/N-ethyl adjacent to an activating group) is 1. The molecule has 0 atom stereocenters. The molecule has 0 saturated heterocycles. The van der Waals surface area contributed by atoms with E-state index in [0.29, 0.717) is 12.5 Å². The van der Waals surface area contributed by atoms with E-state index < -0.39 is 0 Å². The zero-order chi connectivity index (χ0) is 13.1. The predicted octanol–water partition coefficient (Wildman–Crippen LogP) is 2.34. The quantitative estimate of drug-likeness (QED) is 0.668. The highest BCUT2D eigenvalue weighted by Gasteiger charge is 2.24. The van der Waals surface area contributed by atoms with Crippen molar-refractivity contribution in [2.75, 3.05) is 31.8 Å². The molecule has 1 aliphatic heterocycles. The van der Waals surface area contributed by atoms with Crippen LogP contribution in [0.15, 0.2) is 41.7 Å². The van der Waals surface area contributed by atoms with Crippen molar-refractivity contribution >= 4 is 18.3 Å². The van der Waals surface area contributed by atoms with Crippen LogP contribution in [-0.4, -0.2) is 36.5 Å². The summed E-state index contributed by atoms with van der Waals surface area (Å²) < 4.78 is 0. The molecule has 0 aromatic heterocycles. The van der Waals surface area contributed by atoms with Crippen molar-refractivity contribution in [2.45, 2.75) is 6.92 Å². The van der Waals surface area contributed by atoms with Gasteiger partial charge in [0, 0.05) is 14.1 Å². The van der Waals surface area contributed by atoms with Gasteiger partial charge in [-0.3, -0.25) is 5.01 Å².